The Balaban J connectivity index is 2.51. The zero-order chi connectivity index (χ0) is 12.2. The smallest absolute Gasteiger partial charge is 0.323 e. The summed E-state index contributed by atoms with van der Waals surface area (Å²) in [5.74, 6) is -1.05. The van der Waals surface area contributed by atoms with Crippen LogP contribution in [0.25, 0.3) is 0 Å². The van der Waals surface area contributed by atoms with Gasteiger partial charge in [-0.3, -0.25) is 9.59 Å². The summed E-state index contributed by atoms with van der Waals surface area (Å²) in [5.41, 5.74) is 5.62. The first-order valence-electron chi connectivity index (χ1n) is 5.72. The van der Waals surface area contributed by atoms with E-state index in [1.54, 1.807) is 6.92 Å². The molecule has 0 atom stereocenters. The van der Waals surface area contributed by atoms with Crippen molar-refractivity contribution in [1.29, 1.82) is 0 Å². The molecule has 16 heavy (non-hydrogen) atoms. The molecule has 1 aliphatic carbocycles. The van der Waals surface area contributed by atoms with E-state index in [0.29, 0.717) is 19.5 Å². The predicted molar refractivity (Wildman–Crippen MR) is 59.8 cm³/mol. The Labute approximate surface area is 95.6 Å². The second kappa shape index (κ2) is 5.30. The number of carboxylic acids is 1. The molecule has 0 bridgehead atoms. The summed E-state index contributed by atoms with van der Waals surface area (Å²) in [6.07, 6.45) is 3.49. The van der Waals surface area contributed by atoms with E-state index in [2.05, 4.69) is 0 Å². The Hall–Kier alpha value is -1.10. The maximum Gasteiger partial charge on any atom is 0.323 e. The molecule has 0 aromatic rings. The summed E-state index contributed by atoms with van der Waals surface area (Å²) in [5, 5.41) is 8.67. The molecule has 1 rings (SSSR count). The van der Waals surface area contributed by atoms with Gasteiger partial charge in [-0.05, 0) is 31.7 Å². The minimum absolute atomic E-state index is 0.0526. The molecule has 0 aliphatic heterocycles. The summed E-state index contributed by atoms with van der Waals surface area (Å²) in [6, 6.07) is 0. The average Bonchev–Trinajstić information content (AvgIpc) is 2.19. The number of likely N-dealkylation sites (N-methyl/N-ethyl adjacent to an activating group) is 1. The highest BCUT2D eigenvalue weighted by Gasteiger charge is 2.38. The Kier molecular flexibility index (Phi) is 4.29. The van der Waals surface area contributed by atoms with Gasteiger partial charge in [-0.1, -0.05) is 6.42 Å². The molecule has 0 saturated heterocycles. The number of amides is 1. The lowest BCUT2D eigenvalue weighted by atomic mass is 9.66. The zero-order valence-electron chi connectivity index (χ0n) is 9.74. The van der Waals surface area contributed by atoms with Crippen LogP contribution in [0.1, 0.15) is 32.6 Å². The van der Waals surface area contributed by atoms with Crippen molar-refractivity contribution in [1.82, 2.24) is 4.90 Å². The van der Waals surface area contributed by atoms with E-state index in [1.807, 2.05) is 0 Å². The third kappa shape index (κ3) is 2.95. The molecule has 1 fully saturated rings. The van der Waals surface area contributed by atoms with Gasteiger partial charge in [0.15, 0.2) is 0 Å². The van der Waals surface area contributed by atoms with E-state index < -0.39 is 5.97 Å². The van der Waals surface area contributed by atoms with Crippen LogP contribution in [-0.2, 0) is 9.59 Å². The molecule has 5 heteroatoms. The van der Waals surface area contributed by atoms with Crippen molar-refractivity contribution in [2.45, 2.75) is 32.6 Å². The summed E-state index contributed by atoms with van der Waals surface area (Å²) in [6.45, 7) is 2.53. The number of aliphatic carboxylic acids is 1. The summed E-state index contributed by atoms with van der Waals surface area (Å²) in [4.78, 5) is 23.8. The molecule has 1 amide bonds. The topological polar surface area (TPSA) is 83.6 Å². The van der Waals surface area contributed by atoms with E-state index in [9.17, 15) is 9.59 Å². The van der Waals surface area contributed by atoms with Gasteiger partial charge in [-0.2, -0.15) is 0 Å². The van der Waals surface area contributed by atoms with Gasteiger partial charge in [0, 0.05) is 13.0 Å². The standard InChI is InChI=1S/C11H20N2O3/c1-2-13(7-10(15)16)9(14)6-11(8-12)4-3-5-11/h2-8,12H2,1H3,(H,15,16). The van der Waals surface area contributed by atoms with Crippen LogP contribution in [0, 0.1) is 5.41 Å². The number of nitrogens with two attached hydrogens (primary N) is 1. The van der Waals surface area contributed by atoms with Crippen LogP contribution < -0.4 is 5.73 Å². The molecule has 3 N–H and O–H groups in total. The van der Waals surface area contributed by atoms with Gasteiger partial charge in [0.25, 0.3) is 0 Å². The van der Waals surface area contributed by atoms with Gasteiger partial charge in [0.05, 0.1) is 0 Å². The fourth-order valence-corrected chi connectivity index (χ4v) is 2.10. The fourth-order valence-electron chi connectivity index (χ4n) is 2.10. The van der Waals surface area contributed by atoms with Crippen molar-refractivity contribution in [3.05, 3.63) is 0 Å². The SMILES string of the molecule is CCN(CC(=O)O)C(=O)CC1(CN)CCC1. The Morgan fingerprint density at radius 2 is 2.06 bits per heavy atom. The highest BCUT2D eigenvalue weighted by Crippen LogP contribution is 2.43. The van der Waals surface area contributed by atoms with Crippen LogP contribution in [0.4, 0.5) is 0 Å². The normalized spacial score (nSPS) is 17.6. The van der Waals surface area contributed by atoms with Crippen molar-refractivity contribution in [2.75, 3.05) is 19.6 Å². The average molecular weight is 228 g/mol. The van der Waals surface area contributed by atoms with Gasteiger partial charge in [-0.25, -0.2) is 0 Å². The fraction of sp³-hybridized carbons (Fsp3) is 0.818. The van der Waals surface area contributed by atoms with E-state index >= 15 is 0 Å². The van der Waals surface area contributed by atoms with Gasteiger partial charge in [0.1, 0.15) is 6.54 Å². The maximum absolute atomic E-state index is 11.9. The van der Waals surface area contributed by atoms with Gasteiger partial charge in [0.2, 0.25) is 5.91 Å². The first-order valence-corrected chi connectivity index (χ1v) is 5.72. The van der Waals surface area contributed by atoms with Crippen LogP contribution in [-0.4, -0.2) is 41.5 Å². The van der Waals surface area contributed by atoms with Gasteiger partial charge in [-0.15, -0.1) is 0 Å². The van der Waals surface area contributed by atoms with Crippen LogP contribution >= 0.6 is 0 Å². The molecule has 0 radical (unpaired) electrons. The van der Waals surface area contributed by atoms with Crippen LogP contribution in [0.15, 0.2) is 0 Å². The highest BCUT2D eigenvalue weighted by atomic mass is 16.4. The monoisotopic (exact) mass is 228 g/mol. The summed E-state index contributed by atoms with van der Waals surface area (Å²) in [7, 11) is 0. The number of carbonyl (C=O) groups excluding carboxylic acids is 1. The highest BCUT2D eigenvalue weighted by molar-refractivity contribution is 5.81. The first-order chi connectivity index (χ1) is 7.53. The number of hydrogen-bond acceptors (Lipinski definition) is 3. The van der Waals surface area contributed by atoms with E-state index in [0.717, 1.165) is 19.3 Å². The largest absolute Gasteiger partial charge is 0.480 e. The lowest BCUT2D eigenvalue weighted by Crippen LogP contribution is -2.44. The molecule has 0 heterocycles. The molecule has 1 aliphatic rings. The van der Waals surface area contributed by atoms with Gasteiger partial charge < -0.3 is 15.7 Å². The van der Waals surface area contributed by atoms with Crippen LogP contribution in [0.3, 0.4) is 0 Å². The van der Waals surface area contributed by atoms with Crippen molar-refractivity contribution in [3.63, 3.8) is 0 Å². The maximum atomic E-state index is 11.9. The van der Waals surface area contributed by atoms with Crippen molar-refractivity contribution < 1.29 is 14.7 Å². The number of nitrogens with zero attached hydrogens (tertiary/aromatic N) is 1. The lowest BCUT2D eigenvalue weighted by molar-refractivity contribution is -0.146. The Morgan fingerprint density at radius 3 is 2.38 bits per heavy atom. The van der Waals surface area contributed by atoms with Crippen molar-refractivity contribution >= 4 is 11.9 Å². The first kappa shape index (κ1) is 13.0. The number of carboxylic acid groups (broad SMARTS) is 1. The molecule has 1 saturated carbocycles. The number of hydrogen-bond donors (Lipinski definition) is 2. The zero-order valence-corrected chi connectivity index (χ0v) is 9.74. The molecule has 0 aromatic heterocycles. The molecule has 0 aromatic carbocycles. The number of carbonyl (C=O) groups is 2. The third-order valence-electron chi connectivity index (χ3n) is 3.43. The third-order valence-corrected chi connectivity index (χ3v) is 3.43. The van der Waals surface area contributed by atoms with E-state index in [1.165, 1.54) is 4.90 Å². The quantitative estimate of drug-likeness (QED) is 0.691. The molecular formula is C11H20N2O3. The molecule has 0 unspecified atom stereocenters. The Morgan fingerprint density at radius 1 is 1.44 bits per heavy atom. The predicted octanol–water partition coefficient (Wildman–Crippen LogP) is 0.439. The summed E-state index contributed by atoms with van der Waals surface area (Å²) >= 11 is 0. The molecule has 5 nitrogen and oxygen atoms in total. The van der Waals surface area contributed by atoms with Gasteiger partial charge >= 0.3 is 5.97 Å². The van der Waals surface area contributed by atoms with Crippen molar-refractivity contribution in [2.24, 2.45) is 11.1 Å². The summed E-state index contributed by atoms with van der Waals surface area (Å²) < 4.78 is 0. The number of rotatable bonds is 6. The minimum atomic E-state index is -0.967. The van der Waals surface area contributed by atoms with E-state index in [4.69, 9.17) is 10.8 Å². The van der Waals surface area contributed by atoms with E-state index in [-0.39, 0.29) is 17.9 Å². The molecular weight excluding hydrogens is 208 g/mol. The molecule has 0 spiro atoms. The van der Waals surface area contributed by atoms with Crippen LogP contribution in [0.2, 0.25) is 0 Å². The molecule has 92 valence electrons. The minimum Gasteiger partial charge on any atom is -0.480 e. The van der Waals surface area contributed by atoms with Crippen LogP contribution in [0.5, 0.6) is 0 Å². The second-order valence-corrected chi connectivity index (χ2v) is 4.54. The Bertz CT molecular complexity index is 269. The lowest BCUT2D eigenvalue weighted by Gasteiger charge is -2.41. The second-order valence-electron chi connectivity index (χ2n) is 4.54. The van der Waals surface area contributed by atoms with Crippen molar-refractivity contribution in [3.8, 4) is 0 Å².